The van der Waals surface area contributed by atoms with E-state index in [1.165, 1.54) is 5.57 Å². The zero-order valence-electron chi connectivity index (χ0n) is 12.4. The van der Waals surface area contributed by atoms with E-state index in [0.717, 1.165) is 38.0 Å². The van der Waals surface area contributed by atoms with E-state index < -0.39 is 0 Å². The molecule has 1 aliphatic heterocycles. The second-order valence-corrected chi connectivity index (χ2v) is 4.86. The van der Waals surface area contributed by atoms with Gasteiger partial charge in [0.25, 0.3) is 0 Å². The Hall–Kier alpha value is -1.35. The van der Waals surface area contributed by atoms with Gasteiger partial charge >= 0.3 is 0 Å². The van der Waals surface area contributed by atoms with Gasteiger partial charge in [0.15, 0.2) is 0 Å². The van der Waals surface area contributed by atoms with Gasteiger partial charge in [-0.1, -0.05) is 31.2 Å². The highest BCUT2D eigenvalue weighted by Gasteiger charge is 2.16. The molecule has 0 aromatic carbocycles. The highest BCUT2D eigenvalue weighted by atomic mass is 16.1. The molecule has 0 bridgehead atoms. The molecule has 0 spiro atoms. The predicted molar refractivity (Wildman–Crippen MR) is 81.0 cm³/mol. The summed E-state index contributed by atoms with van der Waals surface area (Å²) in [4.78, 5) is 13.9. The largest absolute Gasteiger partial charge is 0.349 e. The molecule has 0 atom stereocenters. The molecule has 1 N–H and O–H groups in total. The Bertz CT molecular complexity index is 380. The van der Waals surface area contributed by atoms with E-state index >= 15 is 0 Å². The third-order valence-corrected chi connectivity index (χ3v) is 3.31. The van der Waals surface area contributed by atoms with Crippen molar-refractivity contribution >= 4 is 5.91 Å². The number of amides is 1. The van der Waals surface area contributed by atoms with Crippen LogP contribution in [0.1, 0.15) is 33.6 Å². The summed E-state index contributed by atoms with van der Waals surface area (Å²) in [5.41, 5.74) is 2.20. The molecule has 3 heteroatoms. The van der Waals surface area contributed by atoms with E-state index in [9.17, 15) is 4.79 Å². The van der Waals surface area contributed by atoms with Crippen molar-refractivity contribution in [3.8, 4) is 0 Å². The number of rotatable bonds is 6. The number of hydrogen-bond acceptors (Lipinski definition) is 2. The van der Waals surface area contributed by atoms with Crippen molar-refractivity contribution in [1.82, 2.24) is 10.2 Å². The first-order valence-corrected chi connectivity index (χ1v) is 7.16. The van der Waals surface area contributed by atoms with Crippen LogP contribution in [0.3, 0.4) is 0 Å². The number of allylic oxidation sites excluding steroid dienone is 2. The van der Waals surface area contributed by atoms with Crippen LogP contribution >= 0.6 is 0 Å². The molecule has 1 saturated heterocycles. The quantitative estimate of drug-likeness (QED) is 0.589. The minimum Gasteiger partial charge on any atom is -0.349 e. The highest BCUT2D eigenvalue weighted by Crippen LogP contribution is 2.15. The Morgan fingerprint density at radius 3 is 2.74 bits per heavy atom. The third kappa shape index (κ3) is 5.43. The third-order valence-electron chi connectivity index (χ3n) is 3.31. The Morgan fingerprint density at radius 2 is 2.11 bits per heavy atom. The van der Waals surface area contributed by atoms with E-state index in [0.29, 0.717) is 6.54 Å². The summed E-state index contributed by atoms with van der Waals surface area (Å²) in [6.45, 7) is 9.94. The molecule has 3 nitrogen and oxygen atoms in total. The summed E-state index contributed by atoms with van der Waals surface area (Å²) in [5.74, 6) is 0.0824. The standard InChI is InChI=1S/C16H26N2O/c1-4-7-10-18(9-5-2)11-8-14-12-15(6-3)16(19)17-13-14/h4,6-8H,5,9-13H2,1-3H3,(H,17,19)/b7-4-,14-8+,15-6+. The summed E-state index contributed by atoms with van der Waals surface area (Å²) >= 11 is 0. The first-order chi connectivity index (χ1) is 9.21. The molecule has 106 valence electrons. The van der Waals surface area contributed by atoms with Crippen molar-refractivity contribution in [2.45, 2.75) is 33.6 Å². The second kappa shape index (κ2) is 8.70. The number of nitrogens with one attached hydrogen (secondary N) is 1. The minimum absolute atomic E-state index is 0.0824. The van der Waals surface area contributed by atoms with E-state index in [4.69, 9.17) is 0 Å². The number of piperidine rings is 1. The first kappa shape index (κ1) is 15.7. The lowest BCUT2D eigenvalue weighted by molar-refractivity contribution is -0.117. The van der Waals surface area contributed by atoms with Crippen molar-refractivity contribution in [2.24, 2.45) is 0 Å². The van der Waals surface area contributed by atoms with Gasteiger partial charge in [-0.25, -0.2) is 0 Å². The lowest BCUT2D eigenvalue weighted by atomic mass is 10.00. The second-order valence-electron chi connectivity index (χ2n) is 4.86. The first-order valence-electron chi connectivity index (χ1n) is 7.16. The fraction of sp³-hybridized carbons (Fsp3) is 0.562. The van der Waals surface area contributed by atoms with Gasteiger partial charge in [0.1, 0.15) is 0 Å². The van der Waals surface area contributed by atoms with Crippen LogP contribution in [0.5, 0.6) is 0 Å². The van der Waals surface area contributed by atoms with Crippen LogP contribution in [0.2, 0.25) is 0 Å². The van der Waals surface area contributed by atoms with Crippen LogP contribution in [0.25, 0.3) is 0 Å². The highest BCUT2D eigenvalue weighted by molar-refractivity contribution is 5.95. The van der Waals surface area contributed by atoms with Gasteiger partial charge in [0.05, 0.1) is 0 Å². The molecular formula is C16H26N2O. The van der Waals surface area contributed by atoms with Gasteiger partial charge in [0, 0.05) is 31.6 Å². The van der Waals surface area contributed by atoms with Crippen molar-refractivity contribution < 1.29 is 4.79 Å². The topological polar surface area (TPSA) is 32.3 Å². The van der Waals surface area contributed by atoms with Gasteiger partial charge in [-0.15, -0.1) is 0 Å². The molecule has 0 aromatic heterocycles. The van der Waals surface area contributed by atoms with Crippen molar-refractivity contribution in [3.05, 3.63) is 35.5 Å². The van der Waals surface area contributed by atoms with Gasteiger partial charge in [-0.3, -0.25) is 9.69 Å². The van der Waals surface area contributed by atoms with Crippen LogP contribution in [-0.2, 0) is 4.79 Å². The lowest BCUT2D eigenvalue weighted by Crippen LogP contribution is -2.33. The number of carbonyl (C=O) groups is 1. The van der Waals surface area contributed by atoms with Crippen LogP contribution in [0.4, 0.5) is 0 Å². The van der Waals surface area contributed by atoms with Gasteiger partial charge < -0.3 is 5.32 Å². The fourth-order valence-electron chi connectivity index (χ4n) is 2.16. The SMILES string of the molecule is C/C=C\CN(C/C=C1/CNC(=O)/C(=C/C)C1)CCC. The Kier molecular flexibility index (Phi) is 7.19. The lowest BCUT2D eigenvalue weighted by Gasteiger charge is -2.21. The molecule has 0 aliphatic carbocycles. The molecule has 0 saturated carbocycles. The summed E-state index contributed by atoms with van der Waals surface area (Å²) in [6.07, 6.45) is 10.4. The number of hydrogen-bond donors (Lipinski definition) is 1. The monoisotopic (exact) mass is 262 g/mol. The van der Waals surface area contributed by atoms with Crippen molar-refractivity contribution in [1.29, 1.82) is 0 Å². The molecule has 1 heterocycles. The maximum atomic E-state index is 11.5. The van der Waals surface area contributed by atoms with E-state index in [2.05, 4.69) is 42.3 Å². The summed E-state index contributed by atoms with van der Waals surface area (Å²) < 4.78 is 0. The Morgan fingerprint density at radius 1 is 1.32 bits per heavy atom. The molecule has 1 fully saturated rings. The Labute approximate surface area is 117 Å². The summed E-state index contributed by atoms with van der Waals surface area (Å²) in [5, 5.41) is 2.92. The maximum absolute atomic E-state index is 11.5. The molecule has 0 aromatic rings. The molecule has 1 amide bonds. The van der Waals surface area contributed by atoms with Gasteiger partial charge in [0.2, 0.25) is 5.91 Å². The molecule has 1 aliphatic rings. The van der Waals surface area contributed by atoms with Crippen molar-refractivity contribution in [2.75, 3.05) is 26.2 Å². The zero-order valence-corrected chi connectivity index (χ0v) is 12.4. The van der Waals surface area contributed by atoms with E-state index in [1.54, 1.807) is 0 Å². The van der Waals surface area contributed by atoms with Crippen LogP contribution < -0.4 is 5.32 Å². The van der Waals surface area contributed by atoms with Crippen LogP contribution in [0, 0.1) is 0 Å². The average Bonchev–Trinajstić information content (AvgIpc) is 2.43. The normalized spacial score (nSPS) is 20.7. The molecule has 1 rings (SSSR count). The summed E-state index contributed by atoms with van der Waals surface area (Å²) in [6, 6.07) is 0. The molecule has 19 heavy (non-hydrogen) atoms. The Balaban J connectivity index is 2.55. The van der Waals surface area contributed by atoms with E-state index in [-0.39, 0.29) is 5.91 Å². The van der Waals surface area contributed by atoms with Gasteiger partial charge in [-0.05, 0) is 32.4 Å². The predicted octanol–water partition coefficient (Wildman–Crippen LogP) is 2.67. The summed E-state index contributed by atoms with van der Waals surface area (Å²) in [7, 11) is 0. The average molecular weight is 262 g/mol. The molecule has 0 unspecified atom stereocenters. The fourth-order valence-corrected chi connectivity index (χ4v) is 2.16. The maximum Gasteiger partial charge on any atom is 0.247 e. The van der Waals surface area contributed by atoms with Crippen molar-refractivity contribution in [3.63, 3.8) is 0 Å². The van der Waals surface area contributed by atoms with Crippen LogP contribution in [0.15, 0.2) is 35.5 Å². The zero-order chi connectivity index (χ0) is 14.1. The molecule has 0 radical (unpaired) electrons. The minimum atomic E-state index is 0.0824. The van der Waals surface area contributed by atoms with Crippen LogP contribution in [-0.4, -0.2) is 37.0 Å². The smallest absolute Gasteiger partial charge is 0.247 e. The number of carbonyl (C=O) groups excluding carboxylic acids is 1. The van der Waals surface area contributed by atoms with E-state index in [1.807, 2.05) is 13.0 Å². The number of nitrogens with zero attached hydrogens (tertiary/aromatic N) is 1. The van der Waals surface area contributed by atoms with Gasteiger partial charge in [-0.2, -0.15) is 0 Å². The molecular weight excluding hydrogens is 236 g/mol.